The number of nitrogen functional groups attached to an aromatic ring is 1. The fraction of sp³-hybridized carbons (Fsp3) is 0.500. The van der Waals surface area contributed by atoms with Crippen LogP contribution in [0, 0.1) is 0 Å². The van der Waals surface area contributed by atoms with Crippen LogP contribution in [0.3, 0.4) is 0 Å². The zero-order valence-corrected chi connectivity index (χ0v) is 12.4. The first kappa shape index (κ1) is 16.8. The topological polar surface area (TPSA) is 73.6 Å². The van der Waals surface area contributed by atoms with E-state index >= 15 is 0 Å². The van der Waals surface area contributed by atoms with Crippen molar-refractivity contribution in [2.45, 2.75) is 19.8 Å². The van der Waals surface area contributed by atoms with Gasteiger partial charge in [0.15, 0.2) is 0 Å². The first-order valence-corrected chi connectivity index (χ1v) is 7.01. The van der Waals surface area contributed by atoms with Crippen molar-refractivity contribution in [2.24, 2.45) is 0 Å². The monoisotopic (exact) mass is 300 g/mol. The van der Waals surface area contributed by atoms with Crippen molar-refractivity contribution in [3.8, 4) is 0 Å². The van der Waals surface area contributed by atoms with E-state index in [1.54, 1.807) is 18.2 Å². The van der Waals surface area contributed by atoms with Crippen LogP contribution in [0.2, 0.25) is 5.02 Å². The van der Waals surface area contributed by atoms with Gasteiger partial charge in [-0.2, -0.15) is 0 Å². The van der Waals surface area contributed by atoms with Crippen LogP contribution in [0.1, 0.15) is 19.8 Å². The summed E-state index contributed by atoms with van der Waals surface area (Å²) in [5.74, 6) is -0.104. The summed E-state index contributed by atoms with van der Waals surface area (Å²) in [6.45, 7) is 4.29. The van der Waals surface area contributed by atoms with E-state index in [9.17, 15) is 4.79 Å². The molecule has 20 heavy (non-hydrogen) atoms. The molecule has 0 saturated heterocycles. The number of ether oxygens (including phenoxy) is 2. The van der Waals surface area contributed by atoms with Gasteiger partial charge >= 0.3 is 0 Å². The summed E-state index contributed by atoms with van der Waals surface area (Å²) in [5.41, 5.74) is 6.79. The van der Waals surface area contributed by atoms with E-state index in [4.69, 9.17) is 26.8 Å². The van der Waals surface area contributed by atoms with E-state index in [1.807, 2.05) is 6.92 Å². The Morgan fingerprint density at radius 1 is 1.30 bits per heavy atom. The summed E-state index contributed by atoms with van der Waals surface area (Å²) < 4.78 is 10.5. The smallest absolute Gasteiger partial charge is 0.224 e. The van der Waals surface area contributed by atoms with Crippen molar-refractivity contribution in [1.29, 1.82) is 0 Å². The second-order valence-electron chi connectivity index (χ2n) is 4.19. The van der Waals surface area contributed by atoms with Crippen LogP contribution in [0.5, 0.6) is 0 Å². The highest BCUT2D eigenvalue weighted by Crippen LogP contribution is 2.22. The van der Waals surface area contributed by atoms with Gasteiger partial charge in [0.1, 0.15) is 0 Å². The number of carbonyl (C=O) groups excluding carboxylic acids is 1. The van der Waals surface area contributed by atoms with Gasteiger partial charge in [0.05, 0.1) is 24.6 Å². The highest BCUT2D eigenvalue weighted by Gasteiger charge is 2.05. The molecule has 1 amide bonds. The molecule has 0 aliphatic heterocycles. The molecule has 6 heteroatoms. The van der Waals surface area contributed by atoms with Gasteiger partial charge in [-0.05, 0) is 31.5 Å². The standard InChI is InChI=1S/C14H21ClN2O3/c1-2-19-8-9-20-7-3-4-14(18)17-13-10-11(15)5-6-12(13)16/h5-6,10H,2-4,7-9,16H2,1H3,(H,17,18). The summed E-state index contributed by atoms with van der Waals surface area (Å²) in [6.07, 6.45) is 1.03. The zero-order valence-electron chi connectivity index (χ0n) is 11.7. The van der Waals surface area contributed by atoms with E-state index in [0.29, 0.717) is 55.7 Å². The van der Waals surface area contributed by atoms with Crippen molar-refractivity contribution < 1.29 is 14.3 Å². The molecule has 0 unspecified atom stereocenters. The average molecular weight is 301 g/mol. The maximum atomic E-state index is 11.7. The minimum absolute atomic E-state index is 0.104. The van der Waals surface area contributed by atoms with Crippen molar-refractivity contribution in [3.63, 3.8) is 0 Å². The molecule has 0 fully saturated rings. The summed E-state index contributed by atoms with van der Waals surface area (Å²) >= 11 is 5.85. The summed E-state index contributed by atoms with van der Waals surface area (Å²) in [5, 5.41) is 3.27. The number of nitrogens with one attached hydrogen (secondary N) is 1. The molecule has 0 radical (unpaired) electrons. The molecule has 3 N–H and O–H groups in total. The molecule has 1 aromatic carbocycles. The van der Waals surface area contributed by atoms with Gasteiger partial charge in [-0.15, -0.1) is 0 Å². The Morgan fingerprint density at radius 3 is 2.80 bits per heavy atom. The van der Waals surface area contributed by atoms with Crippen LogP contribution in [0.4, 0.5) is 11.4 Å². The third kappa shape index (κ3) is 6.75. The van der Waals surface area contributed by atoms with E-state index in [-0.39, 0.29) is 5.91 Å². The molecule has 5 nitrogen and oxygen atoms in total. The summed E-state index contributed by atoms with van der Waals surface area (Å²) in [7, 11) is 0. The molecule has 0 heterocycles. The maximum Gasteiger partial charge on any atom is 0.224 e. The van der Waals surface area contributed by atoms with Gasteiger partial charge in [-0.3, -0.25) is 4.79 Å². The van der Waals surface area contributed by atoms with Crippen LogP contribution >= 0.6 is 11.6 Å². The van der Waals surface area contributed by atoms with Gasteiger partial charge < -0.3 is 20.5 Å². The Labute approximate surface area is 124 Å². The van der Waals surface area contributed by atoms with Crippen molar-refractivity contribution in [1.82, 2.24) is 0 Å². The molecule has 0 aromatic heterocycles. The van der Waals surface area contributed by atoms with Crippen LogP contribution < -0.4 is 11.1 Å². The Hall–Kier alpha value is -1.30. The predicted octanol–water partition coefficient (Wildman–Crippen LogP) is 2.69. The van der Waals surface area contributed by atoms with Gasteiger partial charge in [-0.1, -0.05) is 11.6 Å². The summed E-state index contributed by atoms with van der Waals surface area (Å²) in [4.78, 5) is 11.7. The van der Waals surface area contributed by atoms with E-state index < -0.39 is 0 Å². The molecule has 1 rings (SSSR count). The Bertz CT molecular complexity index is 427. The minimum atomic E-state index is -0.104. The third-order valence-corrected chi connectivity index (χ3v) is 2.79. The second kappa shape index (κ2) is 9.58. The molecular formula is C14H21ClN2O3. The molecule has 0 atom stereocenters. The normalized spacial score (nSPS) is 10.5. The molecule has 0 bridgehead atoms. The van der Waals surface area contributed by atoms with Crippen LogP contribution in [0.15, 0.2) is 18.2 Å². The van der Waals surface area contributed by atoms with Gasteiger partial charge in [-0.25, -0.2) is 0 Å². The Balaban J connectivity index is 2.19. The Morgan fingerprint density at radius 2 is 2.05 bits per heavy atom. The zero-order chi connectivity index (χ0) is 14.8. The molecule has 0 spiro atoms. The third-order valence-electron chi connectivity index (χ3n) is 2.56. The number of nitrogens with two attached hydrogens (primary N) is 1. The molecule has 0 aliphatic carbocycles. The lowest BCUT2D eigenvalue weighted by Gasteiger charge is -2.09. The number of hydrogen-bond donors (Lipinski definition) is 2. The maximum absolute atomic E-state index is 11.7. The Kier molecular flexibility index (Phi) is 8.02. The average Bonchev–Trinajstić information content (AvgIpc) is 2.42. The lowest BCUT2D eigenvalue weighted by molar-refractivity contribution is -0.116. The van der Waals surface area contributed by atoms with Crippen molar-refractivity contribution in [3.05, 3.63) is 23.2 Å². The van der Waals surface area contributed by atoms with Crippen LogP contribution in [0.25, 0.3) is 0 Å². The fourth-order valence-corrected chi connectivity index (χ4v) is 1.72. The highest BCUT2D eigenvalue weighted by molar-refractivity contribution is 6.31. The second-order valence-corrected chi connectivity index (χ2v) is 4.63. The number of amides is 1. The largest absolute Gasteiger partial charge is 0.397 e. The first-order chi connectivity index (χ1) is 9.63. The van der Waals surface area contributed by atoms with Crippen molar-refractivity contribution in [2.75, 3.05) is 37.5 Å². The van der Waals surface area contributed by atoms with Gasteiger partial charge in [0, 0.05) is 24.7 Å². The highest BCUT2D eigenvalue weighted by atomic mass is 35.5. The number of rotatable bonds is 9. The number of benzene rings is 1. The molecule has 0 aliphatic rings. The quantitative estimate of drug-likeness (QED) is 0.543. The molecule has 1 aromatic rings. The minimum Gasteiger partial charge on any atom is -0.397 e. The van der Waals surface area contributed by atoms with Crippen molar-refractivity contribution >= 4 is 28.9 Å². The van der Waals surface area contributed by atoms with E-state index in [2.05, 4.69) is 5.32 Å². The SMILES string of the molecule is CCOCCOCCCC(=O)Nc1cc(Cl)ccc1N. The fourth-order valence-electron chi connectivity index (χ4n) is 1.55. The number of anilines is 2. The van der Waals surface area contributed by atoms with Crippen LogP contribution in [-0.2, 0) is 14.3 Å². The van der Waals surface area contributed by atoms with E-state index in [0.717, 1.165) is 0 Å². The predicted molar refractivity (Wildman–Crippen MR) is 81.0 cm³/mol. The first-order valence-electron chi connectivity index (χ1n) is 6.64. The van der Waals surface area contributed by atoms with Gasteiger partial charge in [0.2, 0.25) is 5.91 Å². The number of carbonyl (C=O) groups is 1. The molecule has 0 saturated carbocycles. The number of hydrogen-bond acceptors (Lipinski definition) is 4. The van der Waals surface area contributed by atoms with Gasteiger partial charge in [0.25, 0.3) is 0 Å². The number of halogens is 1. The van der Waals surface area contributed by atoms with E-state index in [1.165, 1.54) is 0 Å². The lowest BCUT2D eigenvalue weighted by Crippen LogP contribution is -2.14. The molecule has 112 valence electrons. The summed E-state index contributed by atoms with van der Waals surface area (Å²) in [6, 6.07) is 4.97. The molecular weight excluding hydrogens is 280 g/mol. The van der Waals surface area contributed by atoms with Crippen LogP contribution in [-0.4, -0.2) is 32.3 Å². The lowest BCUT2D eigenvalue weighted by atomic mass is 10.2.